The van der Waals surface area contributed by atoms with E-state index in [2.05, 4.69) is 15.6 Å². The summed E-state index contributed by atoms with van der Waals surface area (Å²) in [4.78, 5) is 16.4. The summed E-state index contributed by atoms with van der Waals surface area (Å²) in [5.74, 6) is -0.565. The zero-order valence-corrected chi connectivity index (χ0v) is 13.9. The third-order valence-electron chi connectivity index (χ3n) is 3.84. The van der Waals surface area contributed by atoms with Gasteiger partial charge in [-0.3, -0.25) is 4.79 Å². The molecule has 0 saturated heterocycles. The van der Waals surface area contributed by atoms with Crippen LogP contribution >= 0.6 is 0 Å². The Hall–Kier alpha value is -3.28. The quantitative estimate of drug-likeness (QED) is 0.707. The van der Waals surface area contributed by atoms with Crippen LogP contribution in [0.25, 0.3) is 0 Å². The summed E-state index contributed by atoms with van der Waals surface area (Å²) in [6.45, 7) is 0.339. The normalized spacial score (nSPS) is 10.4. The van der Waals surface area contributed by atoms with Gasteiger partial charge in [0.15, 0.2) is 0 Å². The maximum atomic E-state index is 13.6. The number of nitrogens with zero attached hydrogens (tertiary/aromatic N) is 1. The monoisotopic (exact) mass is 353 g/mol. The molecule has 0 atom stereocenters. The van der Waals surface area contributed by atoms with Crippen LogP contribution in [0, 0.1) is 11.6 Å². The average Bonchev–Trinajstić information content (AvgIpc) is 2.67. The number of carbonyl (C=O) groups excluding carboxylic acids is 1. The first kappa shape index (κ1) is 17.5. The van der Waals surface area contributed by atoms with Crippen molar-refractivity contribution in [2.75, 3.05) is 5.32 Å². The molecular weight excluding hydrogens is 336 g/mol. The molecule has 0 saturated carbocycles. The molecule has 3 aromatic rings. The minimum absolute atomic E-state index is 0.0891. The van der Waals surface area contributed by atoms with Crippen molar-refractivity contribution in [3.05, 3.63) is 95.2 Å². The van der Waals surface area contributed by atoms with Crippen molar-refractivity contribution in [2.24, 2.45) is 0 Å². The van der Waals surface area contributed by atoms with E-state index in [1.165, 1.54) is 18.3 Å². The first-order chi connectivity index (χ1) is 12.6. The van der Waals surface area contributed by atoms with E-state index in [4.69, 9.17) is 0 Å². The Morgan fingerprint density at radius 3 is 2.15 bits per heavy atom. The highest BCUT2D eigenvalue weighted by Gasteiger charge is 2.09. The number of carbonyl (C=O) groups is 1. The molecule has 132 valence electrons. The molecule has 2 N–H and O–H groups in total. The Kier molecular flexibility index (Phi) is 5.53. The molecule has 1 aromatic heterocycles. The lowest BCUT2D eigenvalue weighted by molar-refractivity contribution is 0.0950. The second-order valence-corrected chi connectivity index (χ2v) is 5.65. The molecule has 3 rings (SSSR count). The van der Waals surface area contributed by atoms with Crippen LogP contribution in [-0.4, -0.2) is 10.9 Å². The van der Waals surface area contributed by atoms with Gasteiger partial charge in [0.05, 0.1) is 0 Å². The molecule has 0 aliphatic carbocycles. The Morgan fingerprint density at radius 2 is 1.50 bits per heavy atom. The van der Waals surface area contributed by atoms with Crippen LogP contribution in [0.1, 0.15) is 21.5 Å². The molecule has 2 aromatic carbocycles. The fourth-order valence-corrected chi connectivity index (χ4v) is 2.42. The summed E-state index contributed by atoms with van der Waals surface area (Å²) >= 11 is 0. The van der Waals surface area contributed by atoms with Gasteiger partial charge < -0.3 is 10.6 Å². The smallest absolute Gasteiger partial charge is 0.251 e. The van der Waals surface area contributed by atoms with Crippen molar-refractivity contribution >= 4 is 11.7 Å². The number of anilines is 1. The van der Waals surface area contributed by atoms with E-state index < -0.39 is 0 Å². The highest BCUT2D eigenvalue weighted by molar-refractivity contribution is 5.94. The molecule has 1 amide bonds. The molecule has 26 heavy (non-hydrogen) atoms. The van der Waals surface area contributed by atoms with Gasteiger partial charge in [-0.15, -0.1) is 0 Å². The fraction of sp³-hybridized carbons (Fsp3) is 0.100. The van der Waals surface area contributed by atoms with Crippen molar-refractivity contribution in [3.8, 4) is 0 Å². The molecular formula is C20H17F2N3O. The van der Waals surface area contributed by atoms with Crippen LogP contribution < -0.4 is 10.6 Å². The lowest BCUT2D eigenvalue weighted by Gasteiger charge is -2.09. The number of aromatic nitrogens is 1. The summed E-state index contributed by atoms with van der Waals surface area (Å²) in [6.07, 6.45) is 1.49. The molecule has 0 unspecified atom stereocenters. The van der Waals surface area contributed by atoms with E-state index in [0.29, 0.717) is 22.5 Å². The number of amides is 1. The fourth-order valence-electron chi connectivity index (χ4n) is 2.42. The van der Waals surface area contributed by atoms with Gasteiger partial charge in [0.1, 0.15) is 17.5 Å². The van der Waals surface area contributed by atoms with Gasteiger partial charge in [-0.25, -0.2) is 13.8 Å². The second kappa shape index (κ2) is 8.20. The lowest BCUT2D eigenvalue weighted by atomic mass is 10.2. The summed E-state index contributed by atoms with van der Waals surface area (Å²) in [5.41, 5.74) is 1.30. The van der Waals surface area contributed by atoms with Gasteiger partial charge in [-0.2, -0.15) is 0 Å². The van der Waals surface area contributed by atoms with Gasteiger partial charge in [0.25, 0.3) is 5.91 Å². The van der Waals surface area contributed by atoms with E-state index in [-0.39, 0.29) is 30.6 Å². The van der Waals surface area contributed by atoms with Crippen LogP contribution in [0.15, 0.2) is 66.9 Å². The predicted molar refractivity (Wildman–Crippen MR) is 95.5 cm³/mol. The van der Waals surface area contributed by atoms with Crippen molar-refractivity contribution < 1.29 is 13.6 Å². The van der Waals surface area contributed by atoms with E-state index in [0.717, 1.165) is 0 Å². The highest BCUT2D eigenvalue weighted by Crippen LogP contribution is 2.12. The van der Waals surface area contributed by atoms with Gasteiger partial charge in [-0.05, 0) is 24.3 Å². The third kappa shape index (κ3) is 4.42. The van der Waals surface area contributed by atoms with E-state index >= 15 is 0 Å². The van der Waals surface area contributed by atoms with Crippen molar-refractivity contribution in [3.63, 3.8) is 0 Å². The number of hydrogen-bond donors (Lipinski definition) is 2. The zero-order chi connectivity index (χ0) is 18.4. The summed E-state index contributed by atoms with van der Waals surface area (Å²) in [6, 6.07) is 15.8. The van der Waals surface area contributed by atoms with Gasteiger partial charge >= 0.3 is 0 Å². The van der Waals surface area contributed by atoms with Crippen LogP contribution in [0.3, 0.4) is 0 Å². The standard InChI is InChI=1S/C20H17F2N3O/c21-17-7-3-1-5-15(17)12-24-19-11-14(9-10-23-19)20(26)25-13-16-6-2-4-8-18(16)22/h1-11H,12-13H2,(H,23,24)(H,25,26). The van der Waals surface area contributed by atoms with Gasteiger partial charge in [0, 0.05) is 36.0 Å². The topological polar surface area (TPSA) is 54.0 Å². The Balaban J connectivity index is 1.62. The summed E-state index contributed by atoms with van der Waals surface area (Å²) < 4.78 is 27.2. The van der Waals surface area contributed by atoms with Crippen molar-refractivity contribution in [2.45, 2.75) is 13.1 Å². The number of hydrogen-bond acceptors (Lipinski definition) is 3. The maximum absolute atomic E-state index is 13.6. The first-order valence-electron chi connectivity index (χ1n) is 8.08. The number of rotatable bonds is 6. The second-order valence-electron chi connectivity index (χ2n) is 5.65. The maximum Gasteiger partial charge on any atom is 0.251 e. The lowest BCUT2D eigenvalue weighted by Crippen LogP contribution is -2.23. The third-order valence-corrected chi connectivity index (χ3v) is 3.84. The molecule has 0 bridgehead atoms. The van der Waals surface area contributed by atoms with Crippen LogP contribution in [0.4, 0.5) is 14.6 Å². The van der Waals surface area contributed by atoms with Gasteiger partial charge in [0.2, 0.25) is 0 Å². The van der Waals surface area contributed by atoms with Crippen LogP contribution in [0.5, 0.6) is 0 Å². The van der Waals surface area contributed by atoms with Crippen LogP contribution in [-0.2, 0) is 13.1 Å². The zero-order valence-electron chi connectivity index (χ0n) is 13.9. The number of pyridine rings is 1. The molecule has 0 spiro atoms. The largest absolute Gasteiger partial charge is 0.366 e. The molecule has 0 radical (unpaired) electrons. The average molecular weight is 353 g/mol. The molecule has 1 heterocycles. The SMILES string of the molecule is O=C(NCc1ccccc1F)c1ccnc(NCc2ccccc2F)c1. The molecule has 6 heteroatoms. The van der Waals surface area contributed by atoms with E-state index in [1.54, 1.807) is 48.5 Å². The number of benzene rings is 2. The Morgan fingerprint density at radius 1 is 0.885 bits per heavy atom. The minimum atomic E-state index is -0.366. The van der Waals surface area contributed by atoms with E-state index in [9.17, 15) is 13.6 Å². The van der Waals surface area contributed by atoms with Crippen LogP contribution in [0.2, 0.25) is 0 Å². The Labute approximate surface area is 149 Å². The van der Waals surface area contributed by atoms with Crippen molar-refractivity contribution in [1.82, 2.24) is 10.3 Å². The summed E-state index contributed by atoms with van der Waals surface area (Å²) in [5, 5.41) is 5.66. The predicted octanol–water partition coefficient (Wildman–Crippen LogP) is 3.90. The molecule has 4 nitrogen and oxygen atoms in total. The van der Waals surface area contributed by atoms with Gasteiger partial charge in [-0.1, -0.05) is 36.4 Å². The first-order valence-corrected chi connectivity index (χ1v) is 8.08. The number of halogens is 2. The molecule has 0 aliphatic rings. The summed E-state index contributed by atoms with van der Waals surface area (Å²) in [7, 11) is 0. The van der Waals surface area contributed by atoms with Crippen molar-refractivity contribution in [1.29, 1.82) is 0 Å². The number of nitrogens with one attached hydrogen (secondary N) is 2. The Bertz CT molecular complexity index is 915. The molecule has 0 aliphatic heterocycles. The van der Waals surface area contributed by atoms with E-state index in [1.807, 2.05) is 0 Å². The minimum Gasteiger partial charge on any atom is -0.366 e. The molecule has 0 fully saturated rings. The highest BCUT2D eigenvalue weighted by atomic mass is 19.1.